The van der Waals surface area contributed by atoms with Crippen LogP contribution in [0.2, 0.25) is 0 Å². The summed E-state index contributed by atoms with van der Waals surface area (Å²) in [7, 11) is 0. The maximum Gasteiger partial charge on any atom is 0.298 e. The van der Waals surface area contributed by atoms with Crippen molar-refractivity contribution in [3.8, 4) is 5.75 Å². The number of nitrogens with zero attached hydrogens (tertiary/aromatic N) is 1. The summed E-state index contributed by atoms with van der Waals surface area (Å²) in [5, 5.41) is -0.294. The molecule has 1 aliphatic rings. The molecule has 26 heavy (non-hydrogen) atoms. The summed E-state index contributed by atoms with van der Waals surface area (Å²) in [6.45, 7) is 4.38. The Morgan fingerprint density at radius 2 is 1.77 bits per heavy atom. The summed E-state index contributed by atoms with van der Waals surface area (Å²) >= 11 is 0.956. The summed E-state index contributed by atoms with van der Waals surface area (Å²) in [5.74, 6) is 0.408. The van der Waals surface area contributed by atoms with Crippen molar-refractivity contribution >= 4 is 34.7 Å². The van der Waals surface area contributed by atoms with Gasteiger partial charge in [-0.1, -0.05) is 36.4 Å². The SMILES string of the molecule is CCOc1ccc(N2C(=O)S/C(=C/C(C)=C/c3ccccc3)C2=O)cc1. The first-order valence-corrected chi connectivity index (χ1v) is 9.14. The first-order valence-electron chi connectivity index (χ1n) is 8.32. The number of ether oxygens (including phenoxy) is 1. The molecule has 0 unspecified atom stereocenters. The van der Waals surface area contributed by atoms with Crippen molar-refractivity contribution < 1.29 is 14.3 Å². The quantitative estimate of drug-likeness (QED) is 0.677. The number of thioether (sulfide) groups is 1. The molecule has 4 nitrogen and oxygen atoms in total. The molecule has 1 heterocycles. The van der Waals surface area contributed by atoms with Crippen LogP contribution < -0.4 is 9.64 Å². The Balaban J connectivity index is 1.81. The van der Waals surface area contributed by atoms with E-state index in [2.05, 4.69) is 0 Å². The van der Waals surface area contributed by atoms with E-state index in [4.69, 9.17) is 4.74 Å². The molecule has 1 fully saturated rings. The van der Waals surface area contributed by atoms with Gasteiger partial charge in [0.2, 0.25) is 0 Å². The third-order valence-electron chi connectivity index (χ3n) is 3.75. The third kappa shape index (κ3) is 4.06. The number of hydrogen-bond donors (Lipinski definition) is 0. The Hall–Kier alpha value is -2.79. The van der Waals surface area contributed by atoms with E-state index in [0.717, 1.165) is 22.9 Å². The zero-order chi connectivity index (χ0) is 18.5. The monoisotopic (exact) mass is 365 g/mol. The van der Waals surface area contributed by atoms with Crippen LogP contribution in [0.25, 0.3) is 6.08 Å². The average molecular weight is 365 g/mol. The summed E-state index contributed by atoms with van der Waals surface area (Å²) in [6.07, 6.45) is 3.73. The molecule has 1 aliphatic heterocycles. The fourth-order valence-electron chi connectivity index (χ4n) is 2.61. The molecule has 1 saturated heterocycles. The summed E-state index contributed by atoms with van der Waals surface area (Å²) in [4.78, 5) is 26.6. The molecule has 0 bridgehead atoms. The van der Waals surface area contributed by atoms with Crippen LogP contribution in [0.3, 0.4) is 0 Å². The Bertz CT molecular complexity index is 870. The second-order valence-electron chi connectivity index (χ2n) is 5.74. The van der Waals surface area contributed by atoms with E-state index in [9.17, 15) is 9.59 Å². The smallest absolute Gasteiger partial charge is 0.298 e. The van der Waals surface area contributed by atoms with Crippen molar-refractivity contribution in [1.29, 1.82) is 0 Å². The van der Waals surface area contributed by atoms with Crippen molar-refractivity contribution in [1.82, 2.24) is 0 Å². The van der Waals surface area contributed by atoms with Gasteiger partial charge in [-0.3, -0.25) is 9.59 Å². The third-order valence-corrected chi connectivity index (χ3v) is 4.62. The fourth-order valence-corrected chi connectivity index (χ4v) is 3.50. The molecule has 0 saturated carbocycles. The number of rotatable bonds is 5. The van der Waals surface area contributed by atoms with Crippen LogP contribution in [0.15, 0.2) is 71.2 Å². The Morgan fingerprint density at radius 3 is 2.42 bits per heavy atom. The molecule has 0 spiro atoms. The number of carbonyl (C=O) groups excluding carboxylic acids is 2. The lowest BCUT2D eigenvalue weighted by Crippen LogP contribution is -2.27. The van der Waals surface area contributed by atoms with E-state index in [0.29, 0.717) is 22.9 Å². The van der Waals surface area contributed by atoms with Crippen LogP contribution >= 0.6 is 11.8 Å². The van der Waals surface area contributed by atoms with Gasteiger partial charge in [-0.15, -0.1) is 0 Å². The summed E-state index contributed by atoms with van der Waals surface area (Å²) in [6, 6.07) is 16.8. The number of allylic oxidation sites excluding steroid dienone is 2. The fraction of sp³-hybridized carbons (Fsp3) is 0.143. The van der Waals surface area contributed by atoms with Gasteiger partial charge in [-0.2, -0.15) is 0 Å². The van der Waals surface area contributed by atoms with E-state index in [1.165, 1.54) is 4.90 Å². The minimum Gasteiger partial charge on any atom is -0.494 e. The highest BCUT2D eigenvalue weighted by Gasteiger charge is 2.36. The number of imide groups is 1. The topological polar surface area (TPSA) is 46.6 Å². The maximum atomic E-state index is 12.7. The van der Waals surface area contributed by atoms with Gasteiger partial charge in [0.1, 0.15) is 5.75 Å². The lowest BCUT2D eigenvalue weighted by Gasteiger charge is -2.13. The molecular weight excluding hydrogens is 346 g/mol. The van der Waals surface area contributed by atoms with Gasteiger partial charge in [-0.25, -0.2) is 4.90 Å². The van der Waals surface area contributed by atoms with Gasteiger partial charge < -0.3 is 4.74 Å². The summed E-state index contributed by atoms with van der Waals surface area (Å²) < 4.78 is 5.40. The van der Waals surface area contributed by atoms with E-state index in [1.807, 2.05) is 50.3 Å². The second-order valence-corrected chi connectivity index (χ2v) is 6.74. The Labute approximate surface area is 157 Å². The van der Waals surface area contributed by atoms with Gasteiger partial charge in [0, 0.05) is 0 Å². The maximum absolute atomic E-state index is 12.7. The number of hydrogen-bond acceptors (Lipinski definition) is 4. The molecule has 2 amide bonds. The second kappa shape index (κ2) is 8.06. The van der Waals surface area contributed by atoms with E-state index in [1.54, 1.807) is 30.3 Å². The van der Waals surface area contributed by atoms with Crippen LogP contribution in [0.4, 0.5) is 10.5 Å². The first-order chi connectivity index (χ1) is 12.6. The number of anilines is 1. The summed E-state index contributed by atoms with van der Waals surface area (Å²) in [5.41, 5.74) is 2.50. The van der Waals surface area contributed by atoms with Crippen molar-refractivity contribution in [2.75, 3.05) is 11.5 Å². The van der Waals surface area contributed by atoms with Crippen molar-refractivity contribution in [2.45, 2.75) is 13.8 Å². The number of amides is 2. The highest BCUT2D eigenvalue weighted by Crippen LogP contribution is 2.35. The number of benzene rings is 2. The lowest BCUT2D eigenvalue weighted by atomic mass is 10.1. The number of carbonyl (C=O) groups is 2. The van der Waals surface area contributed by atoms with Crippen LogP contribution in [0.5, 0.6) is 5.75 Å². The lowest BCUT2D eigenvalue weighted by molar-refractivity contribution is -0.113. The largest absolute Gasteiger partial charge is 0.494 e. The Morgan fingerprint density at radius 1 is 1.08 bits per heavy atom. The first kappa shape index (κ1) is 18.0. The van der Waals surface area contributed by atoms with Crippen LogP contribution in [0, 0.1) is 0 Å². The van der Waals surface area contributed by atoms with Crippen LogP contribution in [0.1, 0.15) is 19.4 Å². The molecule has 2 aromatic carbocycles. The Kier molecular flexibility index (Phi) is 5.58. The molecule has 0 aromatic heterocycles. The molecule has 0 N–H and O–H groups in total. The minimum atomic E-state index is -0.301. The molecule has 0 aliphatic carbocycles. The molecular formula is C21H19NO3S. The average Bonchev–Trinajstić information content (AvgIpc) is 2.90. The predicted octanol–water partition coefficient (Wildman–Crippen LogP) is 5.27. The zero-order valence-corrected chi connectivity index (χ0v) is 15.5. The van der Waals surface area contributed by atoms with Crippen molar-refractivity contribution in [2.24, 2.45) is 0 Å². The standard InChI is InChI=1S/C21H19NO3S/c1-3-25-18-11-9-17(10-12-18)22-20(23)19(26-21(22)24)14-15(2)13-16-7-5-4-6-8-16/h4-14H,3H2,1-2H3/b15-13+,19-14+. The van der Waals surface area contributed by atoms with Crippen molar-refractivity contribution in [3.63, 3.8) is 0 Å². The van der Waals surface area contributed by atoms with Crippen molar-refractivity contribution in [3.05, 3.63) is 76.7 Å². The molecule has 0 radical (unpaired) electrons. The molecule has 3 rings (SSSR count). The van der Waals surface area contributed by atoms with Gasteiger partial charge in [-0.05, 0) is 67.1 Å². The molecule has 5 heteroatoms. The molecule has 132 valence electrons. The van der Waals surface area contributed by atoms with Crippen LogP contribution in [-0.4, -0.2) is 17.8 Å². The van der Waals surface area contributed by atoms with Gasteiger partial charge in [0.05, 0.1) is 17.2 Å². The van der Waals surface area contributed by atoms with E-state index in [-0.39, 0.29) is 11.1 Å². The van der Waals surface area contributed by atoms with Gasteiger partial charge in [0.15, 0.2) is 0 Å². The normalized spacial score (nSPS) is 16.5. The zero-order valence-electron chi connectivity index (χ0n) is 14.6. The molecule has 2 aromatic rings. The predicted molar refractivity (Wildman–Crippen MR) is 106 cm³/mol. The highest BCUT2D eigenvalue weighted by molar-refractivity contribution is 8.18. The van der Waals surface area contributed by atoms with E-state index >= 15 is 0 Å². The van der Waals surface area contributed by atoms with Crippen LogP contribution in [-0.2, 0) is 4.79 Å². The van der Waals surface area contributed by atoms with Gasteiger partial charge in [0.25, 0.3) is 11.1 Å². The minimum absolute atomic E-state index is 0.294. The van der Waals surface area contributed by atoms with Gasteiger partial charge >= 0.3 is 0 Å². The highest BCUT2D eigenvalue weighted by atomic mass is 32.2. The molecule has 0 atom stereocenters. The van der Waals surface area contributed by atoms with E-state index < -0.39 is 0 Å².